The highest BCUT2D eigenvalue weighted by molar-refractivity contribution is 5.12. The molecular weight excluding hydrogens is 254 g/mol. The van der Waals surface area contributed by atoms with Gasteiger partial charge in [-0.1, -0.05) is 47.5 Å². The van der Waals surface area contributed by atoms with Gasteiger partial charge >= 0.3 is 0 Å². The molecule has 0 spiro atoms. The first-order valence-electron chi connectivity index (χ1n) is 9.59. The van der Waals surface area contributed by atoms with Crippen LogP contribution in [0.1, 0.15) is 86.0 Å². The van der Waals surface area contributed by atoms with Crippen molar-refractivity contribution < 1.29 is 0 Å². The maximum absolute atomic E-state index is 4.18. The first kappa shape index (κ1) is 15.8. The fourth-order valence-corrected chi connectivity index (χ4v) is 6.12. The maximum atomic E-state index is 4.18. The molecule has 3 rings (SSSR count). The fourth-order valence-electron chi connectivity index (χ4n) is 6.12. The normalized spacial score (nSPS) is 46.0. The Balaban J connectivity index is 1.64. The van der Waals surface area contributed by atoms with E-state index >= 15 is 0 Å². The minimum atomic E-state index is 0.511. The van der Waals surface area contributed by atoms with Gasteiger partial charge in [-0.15, -0.1) is 0 Å². The van der Waals surface area contributed by atoms with Gasteiger partial charge in [-0.3, -0.25) is 0 Å². The number of nitrogens with one attached hydrogen (secondary N) is 1. The van der Waals surface area contributed by atoms with Crippen LogP contribution < -0.4 is 5.32 Å². The molecule has 2 bridgehead atoms. The van der Waals surface area contributed by atoms with Gasteiger partial charge in [0.1, 0.15) is 0 Å². The molecule has 0 aromatic carbocycles. The maximum Gasteiger partial charge on any atom is 0.0177 e. The van der Waals surface area contributed by atoms with Gasteiger partial charge in [-0.05, 0) is 67.1 Å². The third kappa shape index (κ3) is 2.80. The molecule has 21 heavy (non-hydrogen) atoms. The zero-order valence-corrected chi connectivity index (χ0v) is 15.0. The van der Waals surface area contributed by atoms with Gasteiger partial charge in [0.15, 0.2) is 0 Å². The Kier molecular flexibility index (Phi) is 4.19. The number of hydrogen-bond donors (Lipinski definition) is 1. The molecule has 0 aromatic heterocycles. The van der Waals surface area contributed by atoms with Crippen molar-refractivity contribution in [2.45, 2.75) is 98.1 Å². The Hall–Kier alpha value is -0.0400. The van der Waals surface area contributed by atoms with E-state index in [1.165, 1.54) is 51.4 Å². The third-order valence-corrected chi connectivity index (χ3v) is 7.63. The first-order valence-corrected chi connectivity index (χ1v) is 9.59. The summed E-state index contributed by atoms with van der Waals surface area (Å²) in [6, 6.07) is 1.54. The van der Waals surface area contributed by atoms with Crippen molar-refractivity contribution >= 4 is 0 Å². The van der Waals surface area contributed by atoms with Gasteiger partial charge in [0.2, 0.25) is 0 Å². The minimum absolute atomic E-state index is 0.511. The van der Waals surface area contributed by atoms with E-state index in [9.17, 15) is 0 Å². The lowest BCUT2D eigenvalue weighted by Crippen LogP contribution is -2.53. The predicted molar refractivity (Wildman–Crippen MR) is 91.4 cm³/mol. The first-order chi connectivity index (χ1) is 9.83. The zero-order chi connectivity index (χ0) is 15.3. The van der Waals surface area contributed by atoms with Crippen LogP contribution in [-0.2, 0) is 0 Å². The summed E-state index contributed by atoms with van der Waals surface area (Å²) in [6.45, 7) is 12.5. The minimum Gasteiger partial charge on any atom is -0.310 e. The average Bonchev–Trinajstić information content (AvgIpc) is 2.76. The predicted octanol–water partition coefficient (Wildman–Crippen LogP) is 5.40. The molecule has 0 aromatic rings. The van der Waals surface area contributed by atoms with Crippen LogP contribution in [0.3, 0.4) is 0 Å². The van der Waals surface area contributed by atoms with Crippen molar-refractivity contribution in [2.75, 3.05) is 0 Å². The highest BCUT2D eigenvalue weighted by Gasteiger charge is 2.59. The average molecular weight is 292 g/mol. The van der Waals surface area contributed by atoms with E-state index in [0.29, 0.717) is 10.8 Å². The molecule has 3 fully saturated rings. The summed E-state index contributed by atoms with van der Waals surface area (Å²) < 4.78 is 0. The van der Waals surface area contributed by atoms with Crippen LogP contribution in [0, 0.1) is 28.6 Å². The molecule has 5 unspecified atom stereocenters. The zero-order valence-electron chi connectivity index (χ0n) is 15.0. The van der Waals surface area contributed by atoms with Crippen LogP contribution in [0.15, 0.2) is 0 Å². The van der Waals surface area contributed by atoms with E-state index in [-0.39, 0.29) is 0 Å². The van der Waals surface area contributed by atoms with Crippen LogP contribution in [0.4, 0.5) is 0 Å². The molecule has 0 radical (unpaired) electrons. The van der Waals surface area contributed by atoms with Crippen molar-refractivity contribution in [1.29, 1.82) is 0 Å². The molecule has 3 aliphatic rings. The van der Waals surface area contributed by atoms with Crippen molar-refractivity contribution in [3.63, 3.8) is 0 Å². The molecule has 122 valence electrons. The fraction of sp³-hybridized carbons (Fsp3) is 1.00. The summed E-state index contributed by atoms with van der Waals surface area (Å²) in [7, 11) is 0. The number of fused-ring (bicyclic) bond motifs is 2. The van der Waals surface area contributed by atoms with E-state index in [2.05, 4.69) is 39.9 Å². The summed E-state index contributed by atoms with van der Waals surface area (Å²) in [6.07, 6.45) is 11.6. The molecule has 0 heterocycles. The molecule has 5 atom stereocenters. The van der Waals surface area contributed by atoms with Crippen LogP contribution in [0.25, 0.3) is 0 Å². The molecule has 1 N–H and O–H groups in total. The van der Waals surface area contributed by atoms with Crippen molar-refractivity contribution in [2.24, 2.45) is 28.6 Å². The Morgan fingerprint density at radius 1 is 0.952 bits per heavy atom. The van der Waals surface area contributed by atoms with E-state index < -0.39 is 0 Å². The second kappa shape index (κ2) is 5.55. The Morgan fingerprint density at radius 3 is 2.33 bits per heavy atom. The number of rotatable bonds is 3. The Labute approximate surface area is 132 Å². The molecule has 3 aliphatic carbocycles. The van der Waals surface area contributed by atoms with E-state index in [0.717, 1.165) is 29.8 Å². The van der Waals surface area contributed by atoms with E-state index in [1.807, 2.05) is 0 Å². The topological polar surface area (TPSA) is 12.0 Å². The molecule has 3 saturated carbocycles. The lowest BCUT2D eigenvalue weighted by atomic mass is 9.68. The van der Waals surface area contributed by atoms with Gasteiger partial charge in [-0.25, -0.2) is 0 Å². The molecule has 0 saturated heterocycles. The summed E-state index contributed by atoms with van der Waals surface area (Å²) in [4.78, 5) is 0. The molecule has 0 amide bonds. The van der Waals surface area contributed by atoms with Gasteiger partial charge in [-0.2, -0.15) is 0 Å². The van der Waals surface area contributed by atoms with Crippen LogP contribution >= 0.6 is 0 Å². The molecule has 0 aliphatic heterocycles. The lowest BCUT2D eigenvalue weighted by molar-refractivity contribution is 0.0957. The highest BCUT2D eigenvalue weighted by atomic mass is 15.0. The second-order valence-corrected chi connectivity index (χ2v) is 9.72. The quantitative estimate of drug-likeness (QED) is 0.687. The number of hydrogen-bond acceptors (Lipinski definition) is 1. The van der Waals surface area contributed by atoms with Gasteiger partial charge in [0.05, 0.1) is 0 Å². The Bertz CT molecular complexity index is 367. The second-order valence-electron chi connectivity index (χ2n) is 9.72. The van der Waals surface area contributed by atoms with E-state index in [1.54, 1.807) is 0 Å². The largest absolute Gasteiger partial charge is 0.310 e. The van der Waals surface area contributed by atoms with Gasteiger partial charge in [0.25, 0.3) is 0 Å². The summed E-state index contributed by atoms with van der Waals surface area (Å²) in [5.41, 5.74) is 1.09. The van der Waals surface area contributed by atoms with E-state index in [4.69, 9.17) is 0 Å². The van der Waals surface area contributed by atoms with Crippen molar-refractivity contribution in [1.82, 2.24) is 5.32 Å². The Morgan fingerprint density at radius 2 is 1.71 bits per heavy atom. The summed E-state index contributed by atoms with van der Waals surface area (Å²) >= 11 is 0. The monoisotopic (exact) mass is 291 g/mol. The standard InChI is InChI=1S/C20H37N/c1-14(2)15-7-6-8-17(10-9-15)21-18-19(3,4)16-11-12-20(18,5)13-16/h14-18,21H,6-13H2,1-5H3. The van der Waals surface area contributed by atoms with Gasteiger partial charge in [0, 0.05) is 12.1 Å². The SMILES string of the molecule is CC(C)C1CCCC(NC2C3(C)CCC(C3)C2(C)C)CC1. The van der Waals surface area contributed by atoms with Crippen LogP contribution in [0.5, 0.6) is 0 Å². The van der Waals surface area contributed by atoms with Crippen molar-refractivity contribution in [3.05, 3.63) is 0 Å². The van der Waals surface area contributed by atoms with Crippen LogP contribution in [0.2, 0.25) is 0 Å². The lowest BCUT2D eigenvalue weighted by Gasteiger charge is -2.45. The van der Waals surface area contributed by atoms with Crippen molar-refractivity contribution in [3.8, 4) is 0 Å². The summed E-state index contributed by atoms with van der Waals surface area (Å²) in [5.74, 6) is 2.81. The highest BCUT2D eigenvalue weighted by Crippen LogP contribution is 2.62. The molecule has 1 heteroatoms. The smallest absolute Gasteiger partial charge is 0.0177 e. The third-order valence-electron chi connectivity index (χ3n) is 7.63. The van der Waals surface area contributed by atoms with Gasteiger partial charge < -0.3 is 5.32 Å². The summed E-state index contributed by atoms with van der Waals surface area (Å²) in [5, 5.41) is 4.18. The molecule has 1 nitrogen and oxygen atoms in total. The molecular formula is C20H37N. The van der Waals surface area contributed by atoms with Crippen LogP contribution in [-0.4, -0.2) is 12.1 Å².